The van der Waals surface area contributed by atoms with Gasteiger partial charge in [-0.1, -0.05) is 51.1 Å². The first-order valence-electron chi connectivity index (χ1n) is 5.84. The fourth-order valence-electron chi connectivity index (χ4n) is 1.73. The van der Waals surface area contributed by atoms with Gasteiger partial charge in [0, 0.05) is 5.92 Å². The quantitative estimate of drug-likeness (QED) is 0.780. The lowest BCUT2D eigenvalue weighted by Crippen LogP contribution is -2.16. The minimum Gasteiger partial charge on any atom is -0.393 e. The van der Waals surface area contributed by atoms with Gasteiger partial charge in [0.05, 0.1) is 6.10 Å². The first-order chi connectivity index (χ1) is 7.11. The van der Waals surface area contributed by atoms with Gasteiger partial charge in [0.1, 0.15) is 0 Å². The van der Waals surface area contributed by atoms with Crippen molar-refractivity contribution in [3.63, 3.8) is 0 Å². The summed E-state index contributed by atoms with van der Waals surface area (Å²) in [6.07, 6.45) is 1.78. The Morgan fingerprint density at radius 3 is 2.13 bits per heavy atom. The fourth-order valence-corrected chi connectivity index (χ4v) is 1.73. The Labute approximate surface area is 93.1 Å². The van der Waals surface area contributed by atoms with Gasteiger partial charge in [-0.25, -0.2) is 0 Å². The monoisotopic (exact) mass is 206 g/mol. The molecule has 0 radical (unpaired) electrons. The molecule has 1 aromatic carbocycles. The summed E-state index contributed by atoms with van der Waals surface area (Å²) in [7, 11) is 0. The van der Waals surface area contributed by atoms with Gasteiger partial charge in [-0.05, 0) is 24.3 Å². The molecule has 0 aliphatic carbocycles. The molecule has 0 saturated heterocycles. The Kier molecular flexibility index (Phi) is 4.83. The molecule has 0 fully saturated rings. The van der Waals surface area contributed by atoms with Gasteiger partial charge in [0.2, 0.25) is 0 Å². The van der Waals surface area contributed by atoms with Crippen molar-refractivity contribution in [1.29, 1.82) is 0 Å². The van der Waals surface area contributed by atoms with E-state index < -0.39 is 0 Å². The number of aliphatic hydroxyl groups is 1. The molecule has 1 aromatic rings. The standard InChI is InChI=1S/C14H22O/c1-11(2)9-10-14(15)12(3)13-7-5-4-6-8-13/h4-8,11-12,14-15H,9-10H2,1-3H3. The van der Waals surface area contributed by atoms with Crippen LogP contribution in [0.5, 0.6) is 0 Å². The zero-order chi connectivity index (χ0) is 11.3. The number of hydrogen-bond acceptors (Lipinski definition) is 1. The van der Waals surface area contributed by atoms with Crippen molar-refractivity contribution in [1.82, 2.24) is 0 Å². The molecule has 2 unspecified atom stereocenters. The maximum Gasteiger partial charge on any atom is 0.0606 e. The van der Waals surface area contributed by atoms with E-state index in [-0.39, 0.29) is 12.0 Å². The van der Waals surface area contributed by atoms with Crippen molar-refractivity contribution in [3.05, 3.63) is 35.9 Å². The minimum atomic E-state index is -0.213. The van der Waals surface area contributed by atoms with Crippen LogP contribution in [0.4, 0.5) is 0 Å². The topological polar surface area (TPSA) is 20.2 Å². The van der Waals surface area contributed by atoms with E-state index in [2.05, 4.69) is 32.9 Å². The molecule has 0 aromatic heterocycles. The highest BCUT2D eigenvalue weighted by Crippen LogP contribution is 2.22. The zero-order valence-corrected chi connectivity index (χ0v) is 9.98. The van der Waals surface area contributed by atoms with Gasteiger partial charge in [-0.3, -0.25) is 0 Å². The minimum absolute atomic E-state index is 0.213. The Bertz CT molecular complexity index is 266. The first kappa shape index (κ1) is 12.3. The second-order valence-electron chi connectivity index (χ2n) is 4.74. The van der Waals surface area contributed by atoms with E-state index in [0.717, 1.165) is 12.8 Å². The average molecular weight is 206 g/mol. The highest BCUT2D eigenvalue weighted by atomic mass is 16.3. The SMILES string of the molecule is CC(C)CCC(O)C(C)c1ccccc1. The molecular formula is C14H22O. The Hall–Kier alpha value is -0.820. The molecule has 0 bridgehead atoms. The predicted octanol–water partition coefficient (Wildman–Crippen LogP) is 3.59. The third-order valence-electron chi connectivity index (χ3n) is 2.94. The molecule has 1 rings (SSSR count). The van der Waals surface area contributed by atoms with Crippen LogP contribution in [0.3, 0.4) is 0 Å². The summed E-state index contributed by atoms with van der Waals surface area (Å²) in [5.41, 5.74) is 1.23. The average Bonchev–Trinajstić information content (AvgIpc) is 2.26. The summed E-state index contributed by atoms with van der Waals surface area (Å²) < 4.78 is 0. The third kappa shape index (κ3) is 4.05. The molecule has 0 saturated carbocycles. The summed E-state index contributed by atoms with van der Waals surface area (Å²) in [6, 6.07) is 10.2. The van der Waals surface area contributed by atoms with Gasteiger partial charge in [-0.2, -0.15) is 0 Å². The molecular weight excluding hydrogens is 184 g/mol. The van der Waals surface area contributed by atoms with E-state index in [0.29, 0.717) is 5.92 Å². The van der Waals surface area contributed by atoms with E-state index in [1.807, 2.05) is 18.2 Å². The molecule has 0 spiro atoms. The molecule has 0 aliphatic rings. The number of hydrogen-bond donors (Lipinski definition) is 1. The van der Waals surface area contributed by atoms with Crippen LogP contribution in [0.2, 0.25) is 0 Å². The summed E-state index contributed by atoms with van der Waals surface area (Å²) in [6.45, 7) is 6.49. The van der Waals surface area contributed by atoms with Crippen molar-refractivity contribution in [3.8, 4) is 0 Å². The lowest BCUT2D eigenvalue weighted by Gasteiger charge is -2.20. The van der Waals surface area contributed by atoms with Crippen LogP contribution in [0.1, 0.15) is 45.1 Å². The number of benzene rings is 1. The summed E-state index contributed by atoms with van der Waals surface area (Å²) in [5, 5.41) is 10.0. The van der Waals surface area contributed by atoms with Crippen molar-refractivity contribution in [2.45, 2.75) is 45.6 Å². The Morgan fingerprint density at radius 1 is 1.00 bits per heavy atom. The van der Waals surface area contributed by atoms with Crippen molar-refractivity contribution < 1.29 is 5.11 Å². The van der Waals surface area contributed by atoms with Gasteiger partial charge < -0.3 is 5.11 Å². The molecule has 84 valence electrons. The first-order valence-corrected chi connectivity index (χ1v) is 5.84. The molecule has 0 aliphatic heterocycles. The molecule has 0 heterocycles. The molecule has 1 N–H and O–H groups in total. The van der Waals surface area contributed by atoms with Crippen LogP contribution in [0.15, 0.2) is 30.3 Å². The fraction of sp³-hybridized carbons (Fsp3) is 0.571. The molecule has 2 atom stereocenters. The van der Waals surface area contributed by atoms with Gasteiger partial charge >= 0.3 is 0 Å². The second-order valence-corrected chi connectivity index (χ2v) is 4.74. The Morgan fingerprint density at radius 2 is 1.60 bits per heavy atom. The van der Waals surface area contributed by atoms with Crippen LogP contribution in [-0.4, -0.2) is 11.2 Å². The third-order valence-corrected chi connectivity index (χ3v) is 2.94. The predicted molar refractivity (Wildman–Crippen MR) is 64.9 cm³/mol. The summed E-state index contributed by atoms with van der Waals surface area (Å²) in [4.78, 5) is 0. The van der Waals surface area contributed by atoms with Crippen molar-refractivity contribution in [2.75, 3.05) is 0 Å². The van der Waals surface area contributed by atoms with Crippen LogP contribution >= 0.6 is 0 Å². The van der Waals surface area contributed by atoms with E-state index in [9.17, 15) is 5.11 Å². The highest BCUT2D eigenvalue weighted by Gasteiger charge is 2.15. The van der Waals surface area contributed by atoms with E-state index >= 15 is 0 Å². The molecule has 1 heteroatoms. The van der Waals surface area contributed by atoms with E-state index in [1.54, 1.807) is 0 Å². The van der Waals surface area contributed by atoms with Crippen molar-refractivity contribution >= 4 is 0 Å². The van der Waals surface area contributed by atoms with Gasteiger partial charge in [-0.15, -0.1) is 0 Å². The summed E-state index contributed by atoms with van der Waals surface area (Å²) >= 11 is 0. The lowest BCUT2D eigenvalue weighted by molar-refractivity contribution is 0.132. The molecule has 1 nitrogen and oxygen atoms in total. The van der Waals surface area contributed by atoms with Crippen LogP contribution < -0.4 is 0 Å². The maximum absolute atomic E-state index is 10.0. The van der Waals surface area contributed by atoms with E-state index in [4.69, 9.17) is 0 Å². The van der Waals surface area contributed by atoms with Crippen LogP contribution in [-0.2, 0) is 0 Å². The Balaban J connectivity index is 2.49. The molecule has 15 heavy (non-hydrogen) atoms. The summed E-state index contributed by atoms with van der Waals surface area (Å²) in [5.74, 6) is 0.910. The maximum atomic E-state index is 10.0. The zero-order valence-electron chi connectivity index (χ0n) is 9.98. The van der Waals surface area contributed by atoms with Crippen LogP contribution in [0.25, 0.3) is 0 Å². The number of aliphatic hydroxyl groups excluding tert-OH is 1. The van der Waals surface area contributed by atoms with Crippen molar-refractivity contribution in [2.24, 2.45) is 5.92 Å². The smallest absolute Gasteiger partial charge is 0.0606 e. The van der Waals surface area contributed by atoms with E-state index in [1.165, 1.54) is 5.56 Å². The van der Waals surface area contributed by atoms with Crippen LogP contribution in [0, 0.1) is 5.92 Å². The largest absolute Gasteiger partial charge is 0.393 e. The normalized spacial score (nSPS) is 15.3. The number of rotatable bonds is 5. The van der Waals surface area contributed by atoms with Gasteiger partial charge in [0.25, 0.3) is 0 Å². The molecule has 0 amide bonds. The van der Waals surface area contributed by atoms with Gasteiger partial charge in [0.15, 0.2) is 0 Å². The second kappa shape index (κ2) is 5.92. The lowest BCUT2D eigenvalue weighted by atomic mass is 9.91. The highest BCUT2D eigenvalue weighted by molar-refractivity contribution is 5.19.